The second-order valence-corrected chi connectivity index (χ2v) is 5.28. The van der Waals surface area contributed by atoms with E-state index in [9.17, 15) is 4.79 Å². The molecule has 140 valence electrons. The van der Waals surface area contributed by atoms with Crippen LogP contribution < -0.4 is 0 Å². The van der Waals surface area contributed by atoms with Crippen LogP contribution in [0.15, 0.2) is 0 Å². The number of ether oxygens (including phenoxy) is 5. The van der Waals surface area contributed by atoms with Crippen LogP contribution in [0.2, 0.25) is 0 Å². The van der Waals surface area contributed by atoms with E-state index in [2.05, 4.69) is 11.8 Å². The zero-order chi connectivity index (χ0) is 18.6. The summed E-state index contributed by atoms with van der Waals surface area (Å²) in [4.78, 5) is 11.7. The highest BCUT2D eigenvalue weighted by molar-refractivity contribution is 5.71. The number of carbonyl (C=O) groups is 1. The third-order valence-electron chi connectivity index (χ3n) is 2.88. The SMILES string of the molecule is CCOC(OCC)C(C#CC(C)OC(=O)C(C)C)(OCC)OCC. The molecule has 1 atom stereocenters. The van der Waals surface area contributed by atoms with E-state index in [0.717, 1.165) is 0 Å². The number of rotatable bonds is 11. The van der Waals surface area contributed by atoms with Crippen LogP contribution in [0.4, 0.5) is 0 Å². The van der Waals surface area contributed by atoms with Crippen LogP contribution in [0.3, 0.4) is 0 Å². The van der Waals surface area contributed by atoms with Crippen LogP contribution in [0, 0.1) is 17.8 Å². The molecule has 0 aliphatic heterocycles. The molecule has 0 amide bonds. The van der Waals surface area contributed by atoms with Crippen molar-refractivity contribution in [1.29, 1.82) is 0 Å². The van der Waals surface area contributed by atoms with E-state index in [1.807, 2.05) is 27.7 Å². The van der Waals surface area contributed by atoms with Crippen molar-refractivity contribution in [3.63, 3.8) is 0 Å². The van der Waals surface area contributed by atoms with Crippen molar-refractivity contribution >= 4 is 5.97 Å². The summed E-state index contributed by atoms with van der Waals surface area (Å²) in [5.41, 5.74) is 0. The number of esters is 1. The Kier molecular flexibility index (Phi) is 11.7. The summed E-state index contributed by atoms with van der Waals surface area (Å²) in [6.45, 7) is 14.2. The summed E-state index contributed by atoms with van der Waals surface area (Å²) in [7, 11) is 0. The Hall–Kier alpha value is -1.13. The minimum absolute atomic E-state index is 0.211. The van der Waals surface area contributed by atoms with Gasteiger partial charge < -0.3 is 23.7 Å². The molecule has 0 N–H and O–H groups in total. The van der Waals surface area contributed by atoms with Gasteiger partial charge in [-0.15, -0.1) is 0 Å². The molecule has 6 heteroatoms. The maximum absolute atomic E-state index is 11.7. The summed E-state index contributed by atoms with van der Waals surface area (Å²) in [6, 6.07) is 0. The lowest BCUT2D eigenvalue weighted by atomic mass is 10.2. The first-order valence-electron chi connectivity index (χ1n) is 8.60. The van der Waals surface area contributed by atoms with E-state index in [1.165, 1.54) is 0 Å². The first kappa shape index (κ1) is 22.9. The van der Waals surface area contributed by atoms with E-state index in [0.29, 0.717) is 26.4 Å². The van der Waals surface area contributed by atoms with Crippen LogP contribution in [0.25, 0.3) is 0 Å². The van der Waals surface area contributed by atoms with E-state index in [1.54, 1.807) is 20.8 Å². The quantitative estimate of drug-likeness (QED) is 0.326. The largest absolute Gasteiger partial charge is 0.449 e. The first-order valence-corrected chi connectivity index (χ1v) is 8.60. The summed E-state index contributed by atoms with van der Waals surface area (Å²) in [5, 5.41) is 0. The minimum Gasteiger partial charge on any atom is -0.449 e. The molecule has 0 rings (SSSR count). The van der Waals surface area contributed by atoms with Crippen LogP contribution in [-0.4, -0.2) is 50.6 Å². The number of hydrogen-bond acceptors (Lipinski definition) is 6. The van der Waals surface area contributed by atoms with E-state index >= 15 is 0 Å². The van der Waals surface area contributed by atoms with Gasteiger partial charge in [0.25, 0.3) is 5.79 Å². The second kappa shape index (κ2) is 12.3. The predicted octanol–water partition coefficient (Wildman–Crippen LogP) is 2.75. The molecule has 0 aromatic rings. The van der Waals surface area contributed by atoms with Gasteiger partial charge in [0.2, 0.25) is 6.29 Å². The van der Waals surface area contributed by atoms with Gasteiger partial charge in [-0.1, -0.05) is 19.8 Å². The molecule has 0 aliphatic rings. The van der Waals surface area contributed by atoms with Crippen LogP contribution in [-0.2, 0) is 28.5 Å². The first-order chi connectivity index (χ1) is 11.4. The summed E-state index contributed by atoms with van der Waals surface area (Å²) >= 11 is 0. The molecule has 1 unspecified atom stereocenters. The molecule has 0 fully saturated rings. The fourth-order valence-electron chi connectivity index (χ4n) is 1.85. The van der Waals surface area contributed by atoms with Gasteiger partial charge in [0, 0.05) is 26.4 Å². The summed E-state index contributed by atoms with van der Waals surface area (Å²) in [6.07, 6.45) is -1.39. The lowest BCUT2D eigenvalue weighted by Gasteiger charge is -2.34. The highest BCUT2D eigenvalue weighted by Crippen LogP contribution is 2.22. The lowest BCUT2D eigenvalue weighted by Crippen LogP contribution is -2.49. The van der Waals surface area contributed by atoms with Crippen molar-refractivity contribution in [3.8, 4) is 11.8 Å². The Bertz CT molecular complexity index is 397. The topological polar surface area (TPSA) is 63.2 Å². The smallest absolute Gasteiger partial charge is 0.309 e. The standard InChI is InChI=1S/C18H32O6/c1-8-20-17(21-9-2)18(22-10-3,23-11-4)13-12-15(7)24-16(19)14(5)6/h14-15,17H,8-11H2,1-7H3. The van der Waals surface area contributed by atoms with Crippen molar-refractivity contribution in [2.45, 2.75) is 66.6 Å². The van der Waals surface area contributed by atoms with Crippen molar-refractivity contribution in [2.75, 3.05) is 26.4 Å². The molecule has 0 aliphatic carbocycles. The molecule has 0 saturated carbocycles. The van der Waals surface area contributed by atoms with Crippen molar-refractivity contribution in [1.82, 2.24) is 0 Å². The Morgan fingerprint density at radius 3 is 1.79 bits per heavy atom. The maximum atomic E-state index is 11.7. The summed E-state index contributed by atoms with van der Waals surface area (Å²) < 4.78 is 28.0. The van der Waals surface area contributed by atoms with Gasteiger partial charge in [-0.2, -0.15) is 0 Å². The second-order valence-electron chi connectivity index (χ2n) is 5.28. The molecule has 0 spiro atoms. The van der Waals surface area contributed by atoms with Crippen LogP contribution in [0.5, 0.6) is 0 Å². The third kappa shape index (κ3) is 7.63. The molecule has 0 heterocycles. The van der Waals surface area contributed by atoms with E-state index in [-0.39, 0.29) is 11.9 Å². The van der Waals surface area contributed by atoms with Crippen LogP contribution >= 0.6 is 0 Å². The van der Waals surface area contributed by atoms with Gasteiger partial charge in [0.15, 0.2) is 6.10 Å². The van der Waals surface area contributed by atoms with Gasteiger partial charge in [0.05, 0.1) is 5.92 Å². The average molecular weight is 344 g/mol. The molecular formula is C18H32O6. The minimum atomic E-state index is -1.37. The molecule has 24 heavy (non-hydrogen) atoms. The zero-order valence-corrected chi connectivity index (χ0v) is 16.0. The number of carbonyl (C=O) groups excluding carboxylic acids is 1. The average Bonchev–Trinajstić information content (AvgIpc) is 2.52. The van der Waals surface area contributed by atoms with Gasteiger partial charge in [-0.25, -0.2) is 0 Å². The van der Waals surface area contributed by atoms with Crippen molar-refractivity contribution < 1.29 is 28.5 Å². The van der Waals surface area contributed by atoms with E-state index < -0.39 is 18.2 Å². The normalized spacial score (nSPS) is 12.9. The Labute approximate surface area is 146 Å². The predicted molar refractivity (Wildman–Crippen MR) is 91.2 cm³/mol. The molecule has 0 aromatic carbocycles. The number of hydrogen-bond donors (Lipinski definition) is 0. The van der Waals surface area contributed by atoms with Gasteiger partial charge in [0.1, 0.15) is 0 Å². The highest BCUT2D eigenvalue weighted by atomic mass is 16.8. The third-order valence-corrected chi connectivity index (χ3v) is 2.88. The molecule has 6 nitrogen and oxygen atoms in total. The molecule has 0 aromatic heterocycles. The summed E-state index contributed by atoms with van der Waals surface area (Å²) in [5.74, 6) is 3.92. The Balaban J connectivity index is 5.45. The molecule has 0 radical (unpaired) electrons. The van der Waals surface area contributed by atoms with Gasteiger partial charge >= 0.3 is 5.97 Å². The Morgan fingerprint density at radius 2 is 1.42 bits per heavy atom. The van der Waals surface area contributed by atoms with Crippen molar-refractivity contribution in [3.05, 3.63) is 0 Å². The maximum Gasteiger partial charge on any atom is 0.309 e. The monoisotopic (exact) mass is 344 g/mol. The molecular weight excluding hydrogens is 312 g/mol. The van der Waals surface area contributed by atoms with Crippen molar-refractivity contribution in [2.24, 2.45) is 5.92 Å². The van der Waals surface area contributed by atoms with Gasteiger partial charge in [-0.05, 0) is 40.5 Å². The molecule has 0 bridgehead atoms. The van der Waals surface area contributed by atoms with E-state index in [4.69, 9.17) is 23.7 Å². The lowest BCUT2D eigenvalue weighted by molar-refractivity contribution is -0.321. The fraction of sp³-hybridized carbons (Fsp3) is 0.833. The van der Waals surface area contributed by atoms with Gasteiger partial charge in [-0.3, -0.25) is 4.79 Å². The zero-order valence-electron chi connectivity index (χ0n) is 16.0. The van der Waals surface area contributed by atoms with Crippen LogP contribution in [0.1, 0.15) is 48.5 Å². The molecule has 0 saturated heterocycles. The highest BCUT2D eigenvalue weighted by Gasteiger charge is 2.41. The fourth-order valence-corrected chi connectivity index (χ4v) is 1.85. The Morgan fingerprint density at radius 1 is 0.917 bits per heavy atom.